The molecule has 2 aromatic rings. The lowest BCUT2D eigenvalue weighted by Gasteiger charge is -2.30. The number of hydrogen-bond donors (Lipinski definition) is 4. The smallest absolute Gasteiger partial charge is 0.255 e. The maximum Gasteiger partial charge on any atom is 0.255 e. The van der Waals surface area contributed by atoms with Crippen LogP contribution in [0.25, 0.3) is 0 Å². The lowest BCUT2D eigenvalue weighted by molar-refractivity contribution is -0.113. The second kappa shape index (κ2) is 6.94. The van der Waals surface area contributed by atoms with Crippen LogP contribution >= 0.6 is 12.2 Å². The summed E-state index contributed by atoms with van der Waals surface area (Å²) in [6.45, 7) is 3.82. The predicted molar refractivity (Wildman–Crippen MR) is 102 cm³/mol. The van der Waals surface area contributed by atoms with Crippen LogP contribution in [0.15, 0.2) is 59.8 Å². The molecule has 1 atom stereocenters. The SMILES string of the molecule is CC1=C(C(=O)Nc2ccc(C)cc2)[C@H](c2ccc(O)cc2)NC(=S)N1. The third-order valence-electron chi connectivity index (χ3n) is 4.05. The van der Waals surface area contributed by atoms with Gasteiger partial charge in [0.15, 0.2) is 5.11 Å². The molecular weight excluding hydrogens is 334 g/mol. The molecule has 1 aliphatic heterocycles. The molecule has 0 bridgehead atoms. The van der Waals surface area contributed by atoms with E-state index in [4.69, 9.17) is 12.2 Å². The fourth-order valence-corrected chi connectivity index (χ4v) is 3.02. The van der Waals surface area contributed by atoms with Gasteiger partial charge in [-0.05, 0) is 55.9 Å². The van der Waals surface area contributed by atoms with Crippen LogP contribution in [0.1, 0.15) is 24.1 Å². The molecule has 3 rings (SSSR count). The molecule has 128 valence electrons. The molecule has 0 radical (unpaired) electrons. The Balaban J connectivity index is 1.92. The van der Waals surface area contributed by atoms with E-state index in [1.54, 1.807) is 24.3 Å². The molecule has 0 fully saturated rings. The molecule has 25 heavy (non-hydrogen) atoms. The standard InChI is InChI=1S/C19H19N3O2S/c1-11-3-7-14(8-4-11)21-18(24)16-12(2)20-19(25)22-17(16)13-5-9-15(23)10-6-13/h3-10,17,23H,1-2H3,(H,21,24)(H2,20,22,25)/t17-/m0/s1. The summed E-state index contributed by atoms with van der Waals surface area (Å²) in [5.74, 6) is -0.0338. The Bertz CT molecular complexity index is 842. The number of aromatic hydroxyl groups is 1. The van der Waals surface area contributed by atoms with E-state index in [2.05, 4.69) is 16.0 Å². The van der Waals surface area contributed by atoms with E-state index < -0.39 is 0 Å². The Kier molecular flexibility index (Phi) is 4.72. The van der Waals surface area contributed by atoms with Crippen molar-refractivity contribution < 1.29 is 9.90 Å². The first-order valence-corrected chi connectivity index (χ1v) is 8.30. The fraction of sp³-hybridized carbons (Fsp3) is 0.158. The van der Waals surface area contributed by atoms with Crippen LogP contribution in [0, 0.1) is 6.92 Å². The van der Waals surface area contributed by atoms with Crippen molar-refractivity contribution in [1.29, 1.82) is 0 Å². The molecule has 0 spiro atoms. The summed E-state index contributed by atoms with van der Waals surface area (Å²) in [6.07, 6.45) is 0. The van der Waals surface area contributed by atoms with Gasteiger partial charge in [-0.2, -0.15) is 0 Å². The van der Waals surface area contributed by atoms with E-state index >= 15 is 0 Å². The van der Waals surface area contributed by atoms with Gasteiger partial charge in [0, 0.05) is 11.4 Å². The first-order valence-electron chi connectivity index (χ1n) is 7.89. The van der Waals surface area contributed by atoms with E-state index in [-0.39, 0.29) is 17.7 Å². The van der Waals surface area contributed by atoms with Gasteiger partial charge in [0.05, 0.1) is 11.6 Å². The summed E-state index contributed by atoms with van der Waals surface area (Å²) in [6, 6.07) is 14.0. The number of aryl methyl sites for hydroxylation is 1. The van der Waals surface area contributed by atoms with E-state index in [9.17, 15) is 9.90 Å². The number of rotatable bonds is 3. The van der Waals surface area contributed by atoms with Crippen molar-refractivity contribution in [3.63, 3.8) is 0 Å². The summed E-state index contributed by atoms with van der Waals surface area (Å²) in [5, 5.41) is 19.0. The Hall–Kier alpha value is -2.86. The first-order chi connectivity index (χ1) is 11.9. The zero-order chi connectivity index (χ0) is 18.0. The van der Waals surface area contributed by atoms with Crippen molar-refractivity contribution in [3.8, 4) is 5.75 Å². The van der Waals surface area contributed by atoms with Gasteiger partial charge >= 0.3 is 0 Å². The Labute approximate surface area is 151 Å². The molecule has 1 aliphatic rings. The van der Waals surface area contributed by atoms with Crippen LogP contribution in [0.2, 0.25) is 0 Å². The average Bonchev–Trinajstić information content (AvgIpc) is 2.57. The molecule has 2 aromatic carbocycles. The average molecular weight is 353 g/mol. The topological polar surface area (TPSA) is 73.4 Å². The number of thiocarbonyl (C=S) groups is 1. The number of allylic oxidation sites excluding steroid dienone is 1. The van der Waals surface area contributed by atoms with E-state index in [0.29, 0.717) is 16.4 Å². The van der Waals surface area contributed by atoms with Gasteiger partial charge in [0.1, 0.15) is 5.75 Å². The third-order valence-corrected chi connectivity index (χ3v) is 4.27. The summed E-state index contributed by atoms with van der Waals surface area (Å²) in [4.78, 5) is 12.9. The van der Waals surface area contributed by atoms with Gasteiger partial charge in [-0.3, -0.25) is 4.79 Å². The quantitative estimate of drug-likeness (QED) is 0.638. The number of benzene rings is 2. The van der Waals surface area contributed by atoms with Crippen molar-refractivity contribution in [2.75, 3.05) is 5.32 Å². The maximum atomic E-state index is 12.9. The molecule has 0 aromatic heterocycles. The summed E-state index contributed by atoms with van der Waals surface area (Å²) in [5.41, 5.74) is 3.96. The Morgan fingerprint density at radius 2 is 1.72 bits per heavy atom. The maximum absolute atomic E-state index is 12.9. The number of phenolic OH excluding ortho intramolecular Hbond substituents is 1. The van der Waals surface area contributed by atoms with Crippen molar-refractivity contribution in [1.82, 2.24) is 10.6 Å². The third kappa shape index (κ3) is 3.80. The molecule has 6 heteroatoms. The minimum Gasteiger partial charge on any atom is -0.508 e. The van der Waals surface area contributed by atoms with Gasteiger partial charge in [-0.15, -0.1) is 0 Å². The number of nitrogens with one attached hydrogen (secondary N) is 3. The van der Waals surface area contributed by atoms with E-state index in [1.165, 1.54) is 0 Å². The normalized spacial score (nSPS) is 16.9. The molecule has 1 amide bonds. The minimum atomic E-state index is -0.389. The van der Waals surface area contributed by atoms with E-state index in [1.807, 2.05) is 38.1 Å². The number of carbonyl (C=O) groups is 1. The highest BCUT2D eigenvalue weighted by Gasteiger charge is 2.29. The van der Waals surface area contributed by atoms with E-state index in [0.717, 1.165) is 16.8 Å². The van der Waals surface area contributed by atoms with Crippen molar-refractivity contribution >= 4 is 28.9 Å². The van der Waals surface area contributed by atoms with Crippen LogP contribution < -0.4 is 16.0 Å². The van der Waals surface area contributed by atoms with Crippen LogP contribution in [0.3, 0.4) is 0 Å². The van der Waals surface area contributed by atoms with Crippen molar-refractivity contribution in [2.45, 2.75) is 19.9 Å². The second-order valence-corrected chi connectivity index (χ2v) is 6.39. The Morgan fingerprint density at radius 1 is 1.08 bits per heavy atom. The molecule has 0 aliphatic carbocycles. The highest BCUT2D eigenvalue weighted by atomic mass is 32.1. The summed E-state index contributed by atoms with van der Waals surface area (Å²) >= 11 is 5.23. The highest BCUT2D eigenvalue weighted by Crippen LogP contribution is 2.28. The Morgan fingerprint density at radius 3 is 2.36 bits per heavy atom. The van der Waals surface area contributed by atoms with Crippen LogP contribution in [-0.4, -0.2) is 16.1 Å². The lowest BCUT2D eigenvalue weighted by atomic mass is 9.95. The first kappa shape index (κ1) is 17.0. The molecule has 1 heterocycles. The van der Waals surface area contributed by atoms with Gasteiger partial charge < -0.3 is 21.1 Å². The van der Waals surface area contributed by atoms with Crippen LogP contribution in [0.4, 0.5) is 5.69 Å². The molecule has 4 N–H and O–H groups in total. The monoisotopic (exact) mass is 353 g/mol. The summed E-state index contributed by atoms with van der Waals surface area (Å²) in [7, 11) is 0. The van der Waals surface area contributed by atoms with Crippen molar-refractivity contribution in [3.05, 3.63) is 70.9 Å². The lowest BCUT2D eigenvalue weighted by Crippen LogP contribution is -2.45. The van der Waals surface area contributed by atoms with Gasteiger partial charge in [-0.1, -0.05) is 29.8 Å². The second-order valence-electron chi connectivity index (χ2n) is 5.98. The number of carbonyl (C=O) groups excluding carboxylic acids is 1. The molecule has 0 saturated carbocycles. The zero-order valence-corrected chi connectivity index (χ0v) is 14.8. The molecular formula is C19H19N3O2S. The van der Waals surface area contributed by atoms with Gasteiger partial charge in [-0.25, -0.2) is 0 Å². The fourth-order valence-electron chi connectivity index (χ4n) is 2.75. The number of hydrogen-bond acceptors (Lipinski definition) is 3. The number of anilines is 1. The highest BCUT2D eigenvalue weighted by molar-refractivity contribution is 7.80. The predicted octanol–water partition coefficient (Wildman–Crippen LogP) is 3.13. The molecule has 0 saturated heterocycles. The zero-order valence-electron chi connectivity index (χ0n) is 14.0. The van der Waals surface area contributed by atoms with Gasteiger partial charge in [0.2, 0.25) is 0 Å². The van der Waals surface area contributed by atoms with Crippen LogP contribution in [-0.2, 0) is 4.79 Å². The van der Waals surface area contributed by atoms with Crippen LogP contribution in [0.5, 0.6) is 5.75 Å². The largest absolute Gasteiger partial charge is 0.508 e. The molecule has 5 nitrogen and oxygen atoms in total. The minimum absolute atomic E-state index is 0.173. The number of amides is 1. The number of phenols is 1. The molecule has 0 unspecified atom stereocenters. The van der Waals surface area contributed by atoms with Crippen molar-refractivity contribution in [2.24, 2.45) is 0 Å². The van der Waals surface area contributed by atoms with Gasteiger partial charge in [0.25, 0.3) is 5.91 Å². The summed E-state index contributed by atoms with van der Waals surface area (Å²) < 4.78 is 0.